The first-order chi connectivity index (χ1) is 20.8. The fraction of sp³-hybridized carbons (Fsp3) is 0.474. The zero-order valence-corrected chi connectivity index (χ0v) is 25.4. The molecule has 2 heterocycles. The Morgan fingerprint density at radius 1 is 0.405 bits per heavy atom. The number of nitrogens with zero attached hydrogens (tertiary/aromatic N) is 2. The molecule has 0 aliphatic rings. The minimum absolute atomic E-state index is 0.713. The van der Waals surface area contributed by atoms with Gasteiger partial charge in [-0.2, -0.15) is 0 Å². The Morgan fingerprint density at radius 2 is 0.762 bits per heavy atom. The normalized spacial score (nSPS) is 11.8. The van der Waals surface area contributed by atoms with Crippen molar-refractivity contribution in [3.05, 3.63) is 60.7 Å². The third-order valence-corrected chi connectivity index (χ3v) is 9.07. The Balaban J connectivity index is 1.32. The highest BCUT2D eigenvalue weighted by Gasteiger charge is 2.16. The average Bonchev–Trinajstić information content (AvgIpc) is 3.50. The molecule has 0 aliphatic heterocycles. The molecule has 0 unspecified atom stereocenters. The summed E-state index contributed by atoms with van der Waals surface area (Å²) in [5.74, 6) is 0. The van der Waals surface area contributed by atoms with Gasteiger partial charge in [-0.15, -0.1) is 0 Å². The summed E-state index contributed by atoms with van der Waals surface area (Å²) < 4.78 is 5.13. The Morgan fingerprint density at radius 3 is 1.17 bits per heavy atom. The monoisotopic (exact) mass is 564 g/mol. The van der Waals surface area contributed by atoms with Gasteiger partial charge in [0.1, 0.15) is 12.6 Å². The Kier molecular flexibility index (Phi) is 11.3. The van der Waals surface area contributed by atoms with Gasteiger partial charge in [0.2, 0.25) is 0 Å². The van der Waals surface area contributed by atoms with Crippen molar-refractivity contribution in [1.29, 1.82) is 0 Å². The van der Waals surface area contributed by atoms with E-state index in [1.54, 1.807) is 0 Å². The molecule has 0 saturated carbocycles. The lowest BCUT2D eigenvalue weighted by atomic mass is 10.1. The number of aryl methyl sites for hydroxylation is 2. The number of aldehydes is 2. The molecule has 0 spiro atoms. The molecule has 2 aromatic heterocycles. The molecule has 0 fully saturated rings. The average molecular weight is 565 g/mol. The van der Waals surface area contributed by atoms with E-state index >= 15 is 0 Å². The second kappa shape index (κ2) is 15.7. The molecule has 5 aromatic rings. The summed E-state index contributed by atoms with van der Waals surface area (Å²) in [5, 5.41) is 5.45. The van der Waals surface area contributed by atoms with Crippen molar-refractivity contribution in [2.45, 2.75) is 116 Å². The third kappa shape index (κ3) is 7.14. The first-order valence-corrected chi connectivity index (χ1v) is 16.6. The molecule has 4 heteroatoms. The van der Waals surface area contributed by atoms with Crippen LogP contribution in [0.15, 0.2) is 60.7 Å². The second-order valence-electron chi connectivity index (χ2n) is 12.1. The zero-order valence-electron chi connectivity index (χ0n) is 25.4. The number of unbranched alkanes of at least 4 members (excludes halogenated alkanes) is 14. The fourth-order valence-electron chi connectivity index (χ4n) is 6.83. The van der Waals surface area contributed by atoms with E-state index in [9.17, 15) is 9.59 Å². The molecule has 0 bridgehead atoms. The highest BCUT2D eigenvalue weighted by Crippen LogP contribution is 2.37. The molecule has 0 atom stereocenters. The lowest BCUT2D eigenvalue weighted by molar-refractivity contribution is -0.108. The zero-order chi connectivity index (χ0) is 29.0. The quantitative estimate of drug-likeness (QED) is 0.0697. The molecular weight excluding hydrogens is 516 g/mol. The fourth-order valence-corrected chi connectivity index (χ4v) is 6.83. The van der Waals surface area contributed by atoms with E-state index < -0.39 is 0 Å². The molecule has 0 aliphatic carbocycles. The van der Waals surface area contributed by atoms with Crippen LogP contribution >= 0.6 is 0 Å². The molecule has 42 heavy (non-hydrogen) atoms. The summed E-state index contributed by atoms with van der Waals surface area (Å²) in [5.41, 5.74) is 5.40. The largest absolute Gasteiger partial charge is 0.340 e. The molecular formula is C38H48N2O2. The minimum atomic E-state index is 0.713. The highest BCUT2D eigenvalue weighted by molar-refractivity contribution is 6.17. The molecule has 0 N–H and O–H groups in total. The number of para-hydroxylation sites is 2. The van der Waals surface area contributed by atoms with Crippen molar-refractivity contribution in [1.82, 2.24) is 9.13 Å². The third-order valence-electron chi connectivity index (χ3n) is 9.07. The van der Waals surface area contributed by atoms with E-state index in [4.69, 9.17) is 0 Å². The molecule has 0 radical (unpaired) electrons. The molecule has 4 nitrogen and oxygen atoms in total. The van der Waals surface area contributed by atoms with Crippen LogP contribution in [-0.4, -0.2) is 21.7 Å². The van der Waals surface area contributed by atoms with Gasteiger partial charge in [0.15, 0.2) is 0 Å². The Hall–Kier alpha value is -3.40. The van der Waals surface area contributed by atoms with Crippen LogP contribution in [0.2, 0.25) is 0 Å². The summed E-state index contributed by atoms with van der Waals surface area (Å²) in [6, 6.07) is 22.8. The number of hydrogen-bond acceptors (Lipinski definition) is 2. The van der Waals surface area contributed by atoms with Gasteiger partial charge in [-0.3, -0.25) is 0 Å². The summed E-state index contributed by atoms with van der Waals surface area (Å²) in [6.07, 6.45) is 20.4. The van der Waals surface area contributed by atoms with Gasteiger partial charge in [0.25, 0.3) is 0 Å². The van der Waals surface area contributed by atoms with E-state index in [-0.39, 0.29) is 0 Å². The smallest absolute Gasteiger partial charge is 0.119 e. The number of benzene rings is 3. The number of hydrogen-bond donors (Lipinski definition) is 0. The van der Waals surface area contributed by atoms with Gasteiger partial charge in [-0.1, -0.05) is 101 Å². The van der Waals surface area contributed by atoms with Crippen molar-refractivity contribution >= 4 is 56.2 Å². The predicted molar refractivity (Wildman–Crippen MR) is 178 cm³/mol. The first-order valence-electron chi connectivity index (χ1n) is 16.6. The van der Waals surface area contributed by atoms with Crippen LogP contribution in [0.25, 0.3) is 43.6 Å². The molecule has 0 amide bonds. The number of rotatable bonds is 20. The maximum atomic E-state index is 10.5. The van der Waals surface area contributed by atoms with Crippen LogP contribution in [0, 0.1) is 0 Å². The number of fused-ring (bicyclic) bond motifs is 6. The van der Waals surface area contributed by atoms with E-state index in [2.05, 4.69) is 69.8 Å². The van der Waals surface area contributed by atoms with Gasteiger partial charge in [0.05, 0.1) is 0 Å². The first kappa shape index (κ1) is 30.1. The van der Waals surface area contributed by atoms with E-state index in [1.807, 2.05) is 0 Å². The van der Waals surface area contributed by atoms with Crippen LogP contribution in [0.4, 0.5) is 0 Å². The van der Waals surface area contributed by atoms with E-state index in [0.717, 1.165) is 38.5 Å². The van der Waals surface area contributed by atoms with Gasteiger partial charge >= 0.3 is 0 Å². The minimum Gasteiger partial charge on any atom is -0.340 e. The Bertz CT molecular complexity index is 1470. The van der Waals surface area contributed by atoms with E-state index in [1.165, 1.54) is 121 Å². The highest BCUT2D eigenvalue weighted by atomic mass is 16.1. The van der Waals surface area contributed by atoms with Crippen molar-refractivity contribution < 1.29 is 9.59 Å². The summed E-state index contributed by atoms with van der Waals surface area (Å²) in [7, 11) is 0. The lowest BCUT2D eigenvalue weighted by Crippen LogP contribution is -1.99. The van der Waals surface area contributed by atoms with Crippen LogP contribution in [-0.2, 0) is 22.7 Å². The van der Waals surface area contributed by atoms with Gasteiger partial charge in [-0.05, 0) is 49.9 Å². The van der Waals surface area contributed by atoms with Crippen LogP contribution in [0.3, 0.4) is 0 Å². The number of carbonyl (C=O) groups excluding carboxylic acids is 2. The van der Waals surface area contributed by atoms with Crippen molar-refractivity contribution in [2.24, 2.45) is 0 Å². The summed E-state index contributed by atoms with van der Waals surface area (Å²) in [6.45, 7) is 2.10. The van der Waals surface area contributed by atoms with Crippen molar-refractivity contribution in [2.75, 3.05) is 0 Å². The molecule has 3 aromatic carbocycles. The standard InChI is InChI=1S/C38H48N2O2/c41-27-19-11-7-3-1-5-9-17-25-39-35-23-15-13-21-31(35)33-30-38-34(29-37(33)39)32-22-14-16-24-36(32)40(38)26-18-10-6-2-4-8-12-20-28-42/h13-16,21-24,27-30H,1-12,17-20,25-26H2. The van der Waals surface area contributed by atoms with Gasteiger partial charge in [0, 0.05) is 69.5 Å². The number of aromatic nitrogens is 2. The SMILES string of the molecule is O=CCCCCCCCCCn1c2ccccc2c2cc3c(cc21)c1ccccc1n3CCCCCCCCCC=O. The number of carbonyl (C=O) groups is 2. The molecule has 222 valence electrons. The summed E-state index contributed by atoms with van der Waals surface area (Å²) >= 11 is 0. The van der Waals surface area contributed by atoms with Crippen LogP contribution < -0.4 is 0 Å². The van der Waals surface area contributed by atoms with Gasteiger partial charge in [-0.25, -0.2) is 0 Å². The lowest BCUT2D eigenvalue weighted by Gasteiger charge is -2.09. The Labute approximate surface area is 251 Å². The maximum absolute atomic E-state index is 10.5. The topological polar surface area (TPSA) is 44.0 Å². The predicted octanol–water partition coefficient (Wildman–Crippen LogP) is 10.5. The maximum Gasteiger partial charge on any atom is 0.119 e. The van der Waals surface area contributed by atoms with Crippen molar-refractivity contribution in [3.63, 3.8) is 0 Å². The molecule has 5 rings (SSSR count). The van der Waals surface area contributed by atoms with E-state index in [0.29, 0.717) is 12.8 Å². The van der Waals surface area contributed by atoms with Crippen molar-refractivity contribution in [3.8, 4) is 0 Å². The second-order valence-corrected chi connectivity index (χ2v) is 12.1. The van der Waals surface area contributed by atoms with Crippen LogP contribution in [0.1, 0.15) is 103 Å². The summed E-state index contributed by atoms with van der Waals surface area (Å²) in [4.78, 5) is 21.0. The van der Waals surface area contributed by atoms with Gasteiger partial charge < -0.3 is 18.7 Å². The molecule has 0 saturated heterocycles. The van der Waals surface area contributed by atoms with Crippen LogP contribution in [0.5, 0.6) is 0 Å².